The minimum Gasteiger partial charge on any atom is -0.547 e. The van der Waals surface area contributed by atoms with Crippen LogP contribution in [-0.4, -0.2) is 16.7 Å². The Labute approximate surface area is 58.9 Å². The van der Waals surface area contributed by atoms with Gasteiger partial charge in [-0.05, 0) is 12.8 Å². The summed E-state index contributed by atoms with van der Waals surface area (Å²) in [6, 6.07) is 0. The van der Waals surface area contributed by atoms with Crippen LogP contribution >= 0.6 is 0 Å². The Bertz CT molecular complexity index is 108. The third-order valence-electron chi connectivity index (χ3n) is 1.10. The summed E-state index contributed by atoms with van der Waals surface area (Å²) < 4.78 is 0. The van der Waals surface area contributed by atoms with Crippen molar-refractivity contribution < 1.29 is 33.9 Å². The van der Waals surface area contributed by atoms with Crippen molar-refractivity contribution in [1.29, 1.82) is 0 Å². The minimum atomic E-state index is -1.44. The first-order valence-corrected chi connectivity index (χ1v) is 2.09. The van der Waals surface area contributed by atoms with Gasteiger partial charge in [0.15, 0.2) is 0 Å². The van der Waals surface area contributed by atoms with Crippen molar-refractivity contribution in [1.82, 2.24) is 0 Å². The summed E-state index contributed by atoms with van der Waals surface area (Å²) in [5.74, 6) is -1.34. The number of hydrogen-bond donors (Lipinski definition) is 1. The number of aliphatic carboxylic acids is 1. The molecule has 0 atom stereocenters. The van der Waals surface area contributed by atoms with Crippen molar-refractivity contribution >= 4 is 5.97 Å². The van der Waals surface area contributed by atoms with Crippen molar-refractivity contribution in [2.45, 2.75) is 18.4 Å². The first kappa shape index (κ1) is 8.03. The van der Waals surface area contributed by atoms with Crippen LogP contribution in [0.3, 0.4) is 0 Å². The van der Waals surface area contributed by atoms with Crippen LogP contribution in [0.25, 0.3) is 0 Å². The van der Waals surface area contributed by atoms with Gasteiger partial charge in [0.25, 0.3) is 0 Å². The number of carboxylic acid groups (broad SMARTS) is 1. The number of carbonyl (C=O) groups excluding carboxylic acids is 1. The zero-order chi connectivity index (χ0) is 5.49. The molecule has 0 saturated heterocycles. The molecular weight excluding hydrogens is 103 g/mol. The summed E-state index contributed by atoms with van der Waals surface area (Å²) >= 11 is 0. The van der Waals surface area contributed by atoms with E-state index in [0.29, 0.717) is 12.8 Å². The van der Waals surface area contributed by atoms with Crippen LogP contribution in [0.5, 0.6) is 0 Å². The zero-order valence-corrected chi connectivity index (χ0v) is 4.68. The summed E-state index contributed by atoms with van der Waals surface area (Å²) in [5.41, 5.74) is -1.44. The van der Waals surface area contributed by atoms with Gasteiger partial charge in [0, 0.05) is 0 Å². The molecule has 8 heavy (non-hydrogen) atoms. The SMILES string of the molecule is O=C([O-])C1(O)CC1.[Li+]. The third-order valence-corrected chi connectivity index (χ3v) is 1.10. The van der Waals surface area contributed by atoms with Crippen LogP contribution < -0.4 is 24.0 Å². The fraction of sp³-hybridized carbons (Fsp3) is 0.750. The fourth-order valence-corrected chi connectivity index (χ4v) is 0.323. The second-order valence-electron chi connectivity index (χ2n) is 1.82. The predicted molar refractivity (Wildman–Crippen MR) is 19.2 cm³/mol. The van der Waals surface area contributed by atoms with Gasteiger partial charge in [0.2, 0.25) is 0 Å². The Morgan fingerprint density at radius 2 is 2.00 bits per heavy atom. The van der Waals surface area contributed by atoms with Crippen LogP contribution in [0.1, 0.15) is 12.8 Å². The van der Waals surface area contributed by atoms with Gasteiger partial charge >= 0.3 is 18.9 Å². The molecule has 0 unspecified atom stereocenters. The monoisotopic (exact) mass is 108 g/mol. The predicted octanol–water partition coefficient (Wildman–Crippen LogP) is -4.73. The molecule has 1 aliphatic carbocycles. The molecule has 0 amide bonds. The van der Waals surface area contributed by atoms with Gasteiger partial charge in [-0.2, -0.15) is 0 Å². The molecule has 0 aromatic carbocycles. The van der Waals surface area contributed by atoms with E-state index in [1.54, 1.807) is 0 Å². The van der Waals surface area contributed by atoms with Crippen LogP contribution in [0.4, 0.5) is 0 Å². The maximum Gasteiger partial charge on any atom is 1.00 e. The van der Waals surface area contributed by atoms with Crippen LogP contribution in [0.15, 0.2) is 0 Å². The molecule has 1 rings (SSSR count). The topological polar surface area (TPSA) is 60.4 Å². The molecule has 0 aliphatic heterocycles. The van der Waals surface area contributed by atoms with E-state index in [-0.39, 0.29) is 18.9 Å². The second-order valence-corrected chi connectivity index (χ2v) is 1.82. The average Bonchev–Trinajstić information content (AvgIpc) is 2.21. The average molecular weight is 108 g/mol. The molecule has 3 nitrogen and oxygen atoms in total. The maximum atomic E-state index is 9.72. The number of rotatable bonds is 1. The molecule has 0 spiro atoms. The van der Waals surface area contributed by atoms with Crippen molar-refractivity contribution in [2.24, 2.45) is 0 Å². The molecule has 1 aliphatic rings. The van der Waals surface area contributed by atoms with Gasteiger partial charge in [0.1, 0.15) is 5.60 Å². The van der Waals surface area contributed by atoms with Crippen molar-refractivity contribution in [3.05, 3.63) is 0 Å². The van der Waals surface area contributed by atoms with E-state index < -0.39 is 11.6 Å². The van der Waals surface area contributed by atoms with Crippen LogP contribution in [0, 0.1) is 0 Å². The Morgan fingerprint density at radius 1 is 1.62 bits per heavy atom. The quantitative estimate of drug-likeness (QED) is 0.343. The Balaban J connectivity index is 0.000000490. The fourth-order valence-electron chi connectivity index (χ4n) is 0.323. The van der Waals surface area contributed by atoms with Gasteiger partial charge in [0.05, 0.1) is 5.97 Å². The zero-order valence-electron chi connectivity index (χ0n) is 4.68. The standard InChI is InChI=1S/C4H6O3.Li/c5-3(6)4(7)1-2-4;/h7H,1-2H2,(H,5,6);/q;+1/p-1. The normalized spacial score (nSPS) is 21.1. The molecule has 0 radical (unpaired) electrons. The Kier molecular flexibility index (Phi) is 2.11. The second kappa shape index (κ2) is 2.10. The smallest absolute Gasteiger partial charge is 0.547 e. The molecule has 0 heterocycles. The molecule has 1 saturated carbocycles. The third kappa shape index (κ3) is 1.25. The van der Waals surface area contributed by atoms with Gasteiger partial charge < -0.3 is 15.0 Å². The van der Waals surface area contributed by atoms with E-state index in [0.717, 1.165) is 0 Å². The molecule has 0 aromatic heterocycles. The van der Waals surface area contributed by atoms with Crippen molar-refractivity contribution in [3.8, 4) is 0 Å². The summed E-state index contributed by atoms with van der Waals surface area (Å²) in [7, 11) is 0. The Hall–Kier alpha value is 0.0274. The van der Waals surface area contributed by atoms with E-state index in [1.807, 2.05) is 0 Å². The molecule has 0 bridgehead atoms. The molecule has 0 aromatic rings. The summed E-state index contributed by atoms with van der Waals surface area (Å²) in [4.78, 5) is 9.72. The molecule has 40 valence electrons. The number of aliphatic hydroxyl groups is 1. The first-order valence-electron chi connectivity index (χ1n) is 2.09. The van der Waals surface area contributed by atoms with Crippen LogP contribution in [0.2, 0.25) is 0 Å². The number of hydrogen-bond acceptors (Lipinski definition) is 3. The molecule has 4 heteroatoms. The molecule has 1 fully saturated rings. The van der Waals surface area contributed by atoms with E-state index >= 15 is 0 Å². The van der Waals surface area contributed by atoms with Gasteiger partial charge in [-0.3, -0.25) is 0 Å². The van der Waals surface area contributed by atoms with E-state index in [2.05, 4.69) is 0 Å². The van der Waals surface area contributed by atoms with Crippen molar-refractivity contribution in [2.75, 3.05) is 0 Å². The molecule has 1 N–H and O–H groups in total. The first-order chi connectivity index (χ1) is 3.15. The van der Waals surface area contributed by atoms with E-state index in [9.17, 15) is 9.90 Å². The summed E-state index contributed by atoms with van der Waals surface area (Å²) in [6.45, 7) is 0. The van der Waals surface area contributed by atoms with E-state index in [4.69, 9.17) is 5.11 Å². The number of carbonyl (C=O) groups is 1. The number of carboxylic acids is 1. The van der Waals surface area contributed by atoms with Crippen molar-refractivity contribution in [3.63, 3.8) is 0 Å². The minimum absolute atomic E-state index is 0. The maximum absolute atomic E-state index is 9.72. The van der Waals surface area contributed by atoms with Crippen LogP contribution in [-0.2, 0) is 4.79 Å². The summed E-state index contributed by atoms with van der Waals surface area (Å²) in [6.07, 6.45) is 0.713. The Morgan fingerprint density at radius 3 is 2.00 bits per heavy atom. The van der Waals surface area contributed by atoms with Gasteiger partial charge in [-0.1, -0.05) is 0 Å². The van der Waals surface area contributed by atoms with Gasteiger partial charge in [-0.15, -0.1) is 0 Å². The van der Waals surface area contributed by atoms with Gasteiger partial charge in [-0.25, -0.2) is 0 Å². The largest absolute Gasteiger partial charge is 1.00 e. The molecular formula is C4H5LiO3. The summed E-state index contributed by atoms with van der Waals surface area (Å²) in [5, 5.41) is 18.3. The van der Waals surface area contributed by atoms with E-state index in [1.165, 1.54) is 0 Å².